The van der Waals surface area contributed by atoms with Gasteiger partial charge in [-0.2, -0.15) is 11.3 Å². The molecule has 0 aliphatic heterocycles. The van der Waals surface area contributed by atoms with E-state index in [0.29, 0.717) is 0 Å². The zero-order chi connectivity index (χ0) is 5.11. The van der Waals surface area contributed by atoms with E-state index in [1.165, 1.54) is 5.56 Å². The average molecular weight is 114 g/mol. The van der Waals surface area contributed by atoms with Crippen LogP contribution in [0.15, 0.2) is 16.8 Å². The van der Waals surface area contributed by atoms with Crippen LogP contribution in [0.2, 0.25) is 0 Å². The van der Waals surface area contributed by atoms with Crippen molar-refractivity contribution >= 4 is 11.3 Å². The van der Waals surface area contributed by atoms with Gasteiger partial charge in [0.05, 0.1) is 0 Å². The highest BCUT2D eigenvalue weighted by atomic mass is 32.1. The first-order valence-corrected chi connectivity index (χ1v) is 3.18. The van der Waals surface area contributed by atoms with E-state index in [9.17, 15) is 0 Å². The summed E-state index contributed by atoms with van der Waals surface area (Å²) in [7, 11) is 0. The van der Waals surface area contributed by atoms with E-state index in [0.717, 1.165) is 6.54 Å². The van der Waals surface area contributed by atoms with Gasteiger partial charge in [0.1, 0.15) is 6.54 Å². The zero-order valence-corrected chi connectivity index (χ0v) is 4.87. The summed E-state index contributed by atoms with van der Waals surface area (Å²) in [5.74, 6) is 0. The largest absolute Gasteiger partial charge is 0.354 e. The van der Waals surface area contributed by atoms with Crippen molar-refractivity contribution in [3.05, 3.63) is 22.4 Å². The average Bonchev–Trinajstić information content (AvgIpc) is 2.14. The molecule has 0 fully saturated rings. The van der Waals surface area contributed by atoms with Crippen molar-refractivity contribution in [1.29, 1.82) is 0 Å². The van der Waals surface area contributed by atoms with Crippen LogP contribution in [-0.2, 0) is 6.54 Å². The van der Waals surface area contributed by atoms with Gasteiger partial charge in [-0.1, -0.05) is 0 Å². The third-order valence-electron chi connectivity index (χ3n) is 0.869. The van der Waals surface area contributed by atoms with E-state index < -0.39 is 0 Å². The molecule has 1 aromatic heterocycles. The SMILES string of the molecule is [NH3+]Cc1ccsc1. The number of rotatable bonds is 1. The first-order valence-electron chi connectivity index (χ1n) is 2.24. The fourth-order valence-electron chi connectivity index (χ4n) is 0.435. The van der Waals surface area contributed by atoms with Gasteiger partial charge < -0.3 is 5.73 Å². The van der Waals surface area contributed by atoms with Crippen molar-refractivity contribution in [2.45, 2.75) is 6.54 Å². The van der Waals surface area contributed by atoms with Gasteiger partial charge in [0.15, 0.2) is 0 Å². The van der Waals surface area contributed by atoms with Gasteiger partial charge in [0.2, 0.25) is 0 Å². The second-order valence-electron chi connectivity index (χ2n) is 1.38. The quantitative estimate of drug-likeness (QED) is 0.550. The lowest BCUT2D eigenvalue weighted by molar-refractivity contribution is -0.386. The minimum Gasteiger partial charge on any atom is -0.354 e. The Bertz CT molecular complexity index is 123. The lowest BCUT2D eigenvalue weighted by atomic mass is 10.4. The van der Waals surface area contributed by atoms with E-state index in [2.05, 4.69) is 22.6 Å². The second kappa shape index (κ2) is 2.09. The maximum absolute atomic E-state index is 3.73. The van der Waals surface area contributed by atoms with Crippen LogP contribution in [0.5, 0.6) is 0 Å². The molecule has 1 heterocycles. The highest BCUT2D eigenvalue weighted by Gasteiger charge is 1.85. The Kier molecular flexibility index (Phi) is 1.44. The van der Waals surface area contributed by atoms with E-state index in [1.54, 1.807) is 11.3 Å². The maximum Gasteiger partial charge on any atom is 0.100 e. The Hall–Kier alpha value is -0.340. The molecule has 0 aliphatic rings. The van der Waals surface area contributed by atoms with Crippen molar-refractivity contribution in [1.82, 2.24) is 0 Å². The van der Waals surface area contributed by atoms with Gasteiger partial charge >= 0.3 is 0 Å². The molecular formula is C5H8NS+. The summed E-state index contributed by atoms with van der Waals surface area (Å²) in [4.78, 5) is 0. The van der Waals surface area contributed by atoms with Crippen LogP contribution < -0.4 is 5.73 Å². The molecule has 1 rings (SSSR count). The van der Waals surface area contributed by atoms with Crippen LogP contribution in [0, 0.1) is 0 Å². The van der Waals surface area contributed by atoms with E-state index >= 15 is 0 Å². The molecule has 38 valence electrons. The molecule has 0 saturated carbocycles. The third kappa shape index (κ3) is 1.01. The van der Waals surface area contributed by atoms with Gasteiger partial charge in [-0.15, -0.1) is 0 Å². The van der Waals surface area contributed by atoms with Gasteiger partial charge in [0.25, 0.3) is 0 Å². The topological polar surface area (TPSA) is 27.6 Å². The van der Waals surface area contributed by atoms with E-state index in [-0.39, 0.29) is 0 Å². The molecule has 1 aromatic rings. The van der Waals surface area contributed by atoms with Crippen LogP contribution in [0.25, 0.3) is 0 Å². The molecule has 3 N–H and O–H groups in total. The Morgan fingerprint density at radius 1 is 1.71 bits per heavy atom. The van der Waals surface area contributed by atoms with Crippen molar-refractivity contribution < 1.29 is 5.73 Å². The Morgan fingerprint density at radius 3 is 2.86 bits per heavy atom. The number of hydrogen-bond acceptors (Lipinski definition) is 1. The van der Waals surface area contributed by atoms with Crippen LogP contribution in [-0.4, -0.2) is 0 Å². The Balaban J connectivity index is 2.76. The molecule has 1 nitrogen and oxygen atoms in total. The summed E-state index contributed by atoms with van der Waals surface area (Å²) in [6, 6.07) is 2.09. The fourth-order valence-corrected chi connectivity index (χ4v) is 1.14. The molecule has 2 heteroatoms. The molecule has 0 radical (unpaired) electrons. The standard InChI is InChI=1S/C5H7NS/c6-3-5-1-2-7-4-5/h1-2,4H,3,6H2/p+1. The van der Waals surface area contributed by atoms with Gasteiger partial charge in [-0.25, -0.2) is 0 Å². The highest BCUT2D eigenvalue weighted by Crippen LogP contribution is 2.02. The minimum absolute atomic E-state index is 0.920. The summed E-state index contributed by atoms with van der Waals surface area (Å²) >= 11 is 1.72. The van der Waals surface area contributed by atoms with Crippen molar-refractivity contribution in [3.63, 3.8) is 0 Å². The summed E-state index contributed by atoms with van der Waals surface area (Å²) in [6.45, 7) is 0.920. The van der Waals surface area contributed by atoms with Crippen LogP contribution in [0.1, 0.15) is 5.56 Å². The predicted octanol–water partition coefficient (Wildman–Crippen LogP) is 0.490. The lowest BCUT2D eigenvalue weighted by Crippen LogP contribution is -2.47. The summed E-state index contributed by atoms with van der Waals surface area (Å²) in [5.41, 5.74) is 5.07. The molecule has 0 saturated heterocycles. The number of hydrogen-bond donors (Lipinski definition) is 1. The van der Waals surface area contributed by atoms with Gasteiger partial charge in [0, 0.05) is 5.56 Å². The predicted molar refractivity (Wildman–Crippen MR) is 30.9 cm³/mol. The fraction of sp³-hybridized carbons (Fsp3) is 0.200. The highest BCUT2D eigenvalue weighted by molar-refractivity contribution is 7.07. The number of quaternary nitrogens is 1. The Morgan fingerprint density at radius 2 is 2.57 bits per heavy atom. The molecule has 7 heavy (non-hydrogen) atoms. The summed E-state index contributed by atoms with van der Waals surface area (Å²) in [6.07, 6.45) is 0. The first-order chi connectivity index (χ1) is 3.43. The van der Waals surface area contributed by atoms with Crippen molar-refractivity contribution in [2.75, 3.05) is 0 Å². The van der Waals surface area contributed by atoms with E-state index in [4.69, 9.17) is 0 Å². The molecule has 0 atom stereocenters. The van der Waals surface area contributed by atoms with Crippen LogP contribution in [0.3, 0.4) is 0 Å². The minimum atomic E-state index is 0.920. The third-order valence-corrected chi connectivity index (χ3v) is 1.60. The lowest BCUT2D eigenvalue weighted by Gasteiger charge is -1.76. The normalized spacial score (nSPS) is 9.29. The summed E-state index contributed by atoms with van der Waals surface area (Å²) in [5, 5.41) is 4.19. The monoisotopic (exact) mass is 114 g/mol. The van der Waals surface area contributed by atoms with Gasteiger partial charge in [-0.05, 0) is 16.8 Å². The van der Waals surface area contributed by atoms with Gasteiger partial charge in [-0.3, -0.25) is 0 Å². The zero-order valence-electron chi connectivity index (χ0n) is 4.05. The summed E-state index contributed by atoms with van der Waals surface area (Å²) < 4.78 is 0. The molecular weight excluding hydrogens is 106 g/mol. The van der Waals surface area contributed by atoms with Crippen molar-refractivity contribution in [2.24, 2.45) is 0 Å². The smallest absolute Gasteiger partial charge is 0.100 e. The maximum atomic E-state index is 3.73. The molecule has 0 aromatic carbocycles. The molecule has 0 amide bonds. The molecule has 0 unspecified atom stereocenters. The van der Waals surface area contributed by atoms with Crippen LogP contribution in [0.4, 0.5) is 0 Å². The van der Waals surface area contributed by atoms with Crippen molar-refractivity contribution in [3.8, 4) is 0 Å². The first kappa shape index (κ1) is 4.81. The van der Waals surface area contributed by atoms with E-state index in [1.807, 2.05) is 0 Å². The van der Waals surface area contributed by atoms with Crippen LogP contribution >= 0.6 is 11.3 Å². The Labute approximate surface area is 46.8 Å². The number of thiophene rings is 1. The molecule has 0 bridgehead atoms. The second-order valence-corrected chi connectivity index (χ2v) is 2.16. The molecule has 0 aliphatic carbocycles. The molecule has 0 spiro atoms.